The molecule has 3 aliphatic heterocycles. The highest BCUT2D eigenvalue weighted by molar-refractivity contribution is 5.99. The molecule has 0 saturated carbocycles. The Morgan fingerprint density at radius 2 is 1.73 bits per heavy atom. The van der Waals surface area contributed by atoms with Crippen molar-refractivity contribution in [3.05, 3.63) is 48.4 Å². The normalized spacial score (nSPS) is 27.3. The van der Waals surface area contributed by atoms with E-state index in [4.69, 9.17) is 5.41 Å². The Morgan fingerprint density at radius 1 is 1.02 bits per heavy atom. The van der Waals surface area contributed by atoms with Gasteiger partial charge in [0.25, 0.3) is 0 Å². The standard InChI is InChI=1S/C31H42F9N7O/c1-46-16-11-22(17-25(46)31(38,39)40)44-27(41)45-26(20-47-14-7-6-12-28(48,13-8-15-47)21-30(35,36)37)42-19-24-10-5-3-2-4-9-23(43-24)18-29(32,33)34/h3-5,9,11,16-17,23,25,48H,2,6-8,10,12-15,18-21H2,1H3,(H3,41,42,44,45)/b5-3-,9-4?,43-24+. The molecule has 3 unspecified atom stereocenters. The lowest BCUT2D eigenvalue weighted by Gasteiger charge is -2.30. The van der Waals surface area contributed by atoms with Gasteiger partial charge in [0.05, 0.1) is 37.6 Å². The summed E-state index contributed by atoms with van der Waals surface area (Å²) in [6.45, 7) is 0.678. The predicted molar refractivity (Wildman–Crippen MR) is 166 cm³/mol. The maximum absolute atomic E-state index is 13.5. The summed E-state index contributed by atoms with van der Waals surface area (Å²) in [5.41, 5.74) is -1.54. The number of guanidine groups is 1. The van der Waals surface area contributed by atoms with Crippen LogP contribution in [0.1, 0.15) is 57.8 Å². The van der Waals surface area contributed by atoms with Crippen molar-refractivity contribution in [1.29, 1.82) is 5.41 Å². The molecule has 3 atom stereocenters. The molecule has 0 aromatic heterocycles. The largest absolute Gasteiger partial charge is 0.412 e. The highest BCUT2D eigenvalue weighted by atomic mass is 19.4. The molecule has 3 rings (SSSR count). The van der Waals surface area contributed by atoms with Gasteiger partial charge < -0.3 is 20.6 Å². The number of aliphatic hydroxyl groups is 1. The Kier molecular flexibility index (Phi) is 13.7. The van der Waals surface area contributed by atoms with Crippen LogP contribution in [0.15, 0.2) is 58.3 Å². The third kappa shape index (κ3) is 14.4. The number of nitrogens with zero attached hydrogens (tertiary/aromatic N) is 4. The Morgan fingerprint density at radius 3 is 2.42 bits per heavy atom. The van der Waals surface area contributed by atoms with Crippen molar-refractivity contribution in [2.24, 2.45) is 9.98 Å². The van der Waals surface area contributed by atoms with Crippen LogP contribution in [-0.4, -0.2) is 102 Å². The van der Waals surface area contributed by atoms with Gasteiger partial charge in [-0.2, -0.15) is 44.5 Å². The van der Waals surface area contributed by atoms with Crippen LogP contribution in [-0.2, 0) is 0 Å². The summed E-state index contributed by atoms with van der Waals surface area (Å²) in [6.07, 6.45) is -4.49. The van der Waals surface area contributed by atoms with Crippen molar-refractivity contribution in [3.8, 4) is 0 Å². The summed E-state index contributed by atoms with van der Waals surface area (Å²) >= 11 is 0. The quantitative estimate of drug-likeness (QED) is 0.107. The molecule has 3 aliphatic rings. The minimum absolute atomic E-state index is 0.0221. The molecule has 1 fully saturated rings. The first-order valence-electron chi connectivity index (χ1n) is 15.6. The van der Waals surface area contributed by atoms with Gasteiger partial charge in [-0.25, -0.2) is 0 Å². The van der Waals surface area contributed by atoms with E-state index in [0.29, 0.717) is 31.5 Å². The van der Waals surface area contributed by atoms with Crippen molar-refractivity contribution in [2.75, 3.05) is 33.2 Å². The molecule has 0 aliphatic carbocycles. The molecule has 0 spiro atoms. The number of hydrogen-bond acceptors (Lipinski definition) is 5. The van der Waals surface area contributed by atoms with Crippen LogP contribution in [0, 0.1) is 5.41 Å². The van der Waals surface area contributed by atoms with Crippen LogP contribution < -0.4 is 10.6 Å². The van der Waals surface area contributed by atoms with Gasteiger partial charge in [0.15, 0.2) is 0 Å². The van der Waals surface area contributed by atoms with Crippen molar-refractivity contribution < 1.29 is 44.6 Å². The number of aliphatic imine (C=N–C) groups is 2. The molecule has 8 nitrogen and oxygen atoms in total. The average molecular weight is 700 g/mol. The van der Waals surface area contributed by atoms with E-state index in [1.54, 1.807) is 18.2 Å². The van der Waals surface area contributed by atoms with E-state index >= 15 is 0 Å². The zero-order chi connectivity index (χ0) is 35.6. The summed E-state index contributed by atoms with van der Waals surface area (Å²) in [4.78, 5) is 11.4. The van der Waals surface area contributed by atoms with Crippen LogP contribution in [0.3, 0.4) is 0 Å². The first kappa shape index (κ1) is 39.1. The summed E-state index contributed by atoms with van der Waals surface area (Å²) in [5, 5.41) is 24.6. The third-order valence-electron chi connectivity index (χ3n) is 7.93. The number of likely N-dealkylation sites (N-methyl/N-ethyl adjacent to an activating group) is 1. The summed E-state index contributed by atoms with van der Waals surface area (Å²) in [6, 6.07) is -3.09. The van der Waals surface area contributed by atoms with Gasteiger partial charge in [-0.3, -0.25) is 15.3 Å². The summed E-state index contributed by atoms with van der Waals surface area (Å²) in [5.74, 6) is -0.367. The molecule has 270 valence electrons. The second-order valence-corrected chi connectivity index (χ2v) is 12.2. The second kappa shape index (κ2) is 16.9. The Hall–Kier alpha value is -3.34. The van der Waals surface area contributed by atoms with Gasteiger partial charge in [-0.05, 0) is 63.8 Å². The lowest BCUT2D eigenvalue weighted by Crippen LogP contribution is -2.43. The highest BCUT2D eigenvalue weighted by Crippen LogP contribution is 2.35. The third-order valence-corrected chi connectivity index (χ3v) is 7.93. The molecule has 0 aromatic carbocycles. The fourth-order valence-electron chi connectivity index (χ4n) is 5.68. The molecule has 48 heavy (non-hydrogen) atoms. The van der Waals surface area contributed by atoms with Gasteiger partial charge in [-0.15, -0.1) is 0 Å². The molecule has 17 heteroatoms. The molecule has 4 N–H and O–H groups in total. The molecule has 0 aromatic rings. The minimum Gasteiger partial charge on any atom is -0.390 e. The van der Waals surface area contributed by atoms with Crippen molar-refractivity contribution in [3.63, 3.8) is 0 Å². The van der Waals surface area contributed by atoms with Gasteiger partial charge >= 0.3 is 18.5 Å². The van der Waals surface area contributed by atoms with E-state index in [-0.39, 0.29) is 56.9 Å². The monoisotopic (exact) mass is 699 g/mol. The lowest BCUT2D eigenvalue weighted by atomic mass is 9.88. The van der Waals surface area contributed by atoms with Gasteiger partial charge in [0.2, 0.25) is 5.96 Å². The Labute approximate surface area is 273 Å². The van der Waals surface area contributed by atoms with Crippen LogP contribution in [0.4, 0.5) is 39.5 Å². The zero-order valence-corrected chi connectivity index (χ0v) is 26.5. The van der Waals surface area contributed by atoms with E-state index in [1.165, 1.54) is 25.4 Å². The van der Waals surface area contributed by atoms with E-state index in [0.717, 1.165) is 11.0 Å². The minimum atomic E-state index is -4.58. The lowest BCUT2D eigenvalue weighted by molar-refractivity contribution is -0.179. The van der Waals surface area contributed by atoms with Gasteiger partial charge in [0, 0.05) is 31.1 Å². The molecule has 0 bridgehead atoms. The van der Waals surface area contributed by atoms with Crippen LogP contribution >= 0.6 is 0 Å². The number of amidine groups is 1. The molecule has 3 heterocycles. The topological polar surface area (TPSA) is 99.3 Å². The Balaban J connectivity index is 1.82. The molecule has 1 saturated heterocycles. The molecular formula is C31H42F9N7O. The predicted octanol–water partition coefficient (Wildman–Crippen LogP) is 6.39. The van der Waals surface area contributed by atoms with Crippen LogP contribution in [0.25, 0.3) is 0 Å². The fourth-order valence-corrected chi connectivity index (χ4v) is 5.68. The molecule has 0 radical (unpaired) electrons. The number of nitrogens with one attached hydrogen (secondary N) is 3. The molecule has 0 amide bonds. The maximum atomic E-state index is 13.5. The van der Waals surface area contributed by atoms with Gasteiger partial charge in [-0.1, -0.05) is 24.3 Å². The fraction of sp³-hybridized carbons (Fsp3) is 0.645. The number of hydrogen-bond donors (Lipinski definition) is 4. The second-order valence-electron chi connectivity index (χ2n) is 12.2. The van der Waals surface area contributed by atoms with Crippen molar-refractivity contribution in [2.45, 2.75) is 94.0 Å². The van der Waals surface area contributed by atoms with Gasteiger partial charge in [0.1, 0.15) is 11.9 Å². The summed E-state index contributed by atoms with van der Waals surface area (Å²) < 4.78 is 119. The maximum Gasteiger partial charge on any atom is 0.412 e. The van der Waals surface area contributed by atoms with Crippen LogP contribution in [0.5, 0.6) is 0 Å². The average Bonchev–Trinajstić information content (AvgIpc) is 3.09. The first-order chi connectivity index (χ1) is 22.3. The smallest absolute Gasteiger partial charge is 0.390 e. The number of alkyl halides is 9. The van der Waals surface area contributed by atoms with E-state index in [9.17, 15) is 44.6 Å². The SMILES string of the molecule is CN1C=CC(NC(=N)/N=C(/CN2CCCCC(O)(CC(F)(F)F)CCC2)NC/C2=N/C(CC(F)(F)F)C=CC/C=C\C2)=CC1C(F)(F)F. The Bertz CT molecular complexity index is 1270. The van der Waals surface area contributed by atoms with E-state index < -0.39 is 55.0 Å². The molecular weight excluding hydrogens is 657 g/mol. The van der Waals surface area contributed by atoms with E-state index in [1.807, 2.05) is 4.90 Å². The first-order valence-corrected chi connectivity index (χ1v) is 15.6. The highest BCUT2D eigenvalue weighted by Gasteiger charge is 2.42. The number of allylic oxidation sites excluding steroid dienone is 4. The van der Waals surface area contributed by atoms with Crippen molar-refractivity contribution >= 4 is 17.5 Å². The van der Waals surface area contributed by atoms with Crippen molar-refractivity contribution in [1.82, 2.24) is 20.4 Å². The number of rotatable bonds is 7. The zero-order valence-electron chi connectivity index (χ0n) is 26.5. The van der Waals surface area contributed by atoms with Crippen LogP contribution in [0.2, 0.25) is 0 Å². The number of halogens is 9. The summed E-state index contributed by atoms with van der Waals surface area (Å²) in [7, 11) is 1.26. The van der Waals surface area contributed by atoms with E-state index in [2.05, 4.69) is 20.6 Å².